The molecule has 0 aliphatic carbocycles. The van der Waals surface area contributed by atoms with Crippen LogP contribution in [0.25, 0.3) is 10.9 Å². The number of fused-ring (bicyclic) bond motifs is 1. The van der Waals surface area contributed by atoms with E-state index in [2.05, 4.69) is 16.9 Å². The Labute approximate surface area is 108 Å². The van der Waals surface area contributed by atoms with Gasteiger partial charge in [-0.05, 0) is 18.2 Å². The van der Waals surface area contributed by atoms with Crippen molar-refractivity contribution in [3.05, 3.63) is 53.4 Å². The molecule has 1 N–H and O–H groups in total. The van der Waals surface area contributed by atoms with Gasteiger partial charge in [-0.25, -0.2) is 9.37 Å². The van der Waals surface area contributed by atoms with Gasteiger partial charge in [0.05, 0.1) is 17.2 Å². The molecule has 0 spiro atoms. The summed E-state index contributed by atoms with van der Waals surface area (Å²) in [6.45, 7) is 3.63. The predicted octanol–water partition coefficient (Wildman–Crippen LogP) is 0.838. The molecule has 6 heteroatoms. The number of rotatable bonds is 4. The molecule has 0 unspecified atom stereocenters. The zero-order chi connectivity index (χ0) is 13.8. The summed E-state index contributed by atoms with van der Waals surface area (Å²) in [5.41, 5.74) is -0.0487. The smallest absolute Gasteiger partial charge is 0.261 e. The van der Waals surface area contributed by atoms with Crippen molar-refractivity contribution in [3.8, 4) is 0 Å². The maximum absolute atomic E-state index is 13.1. The second-order valence-corrected chi connectivity index (χ2v) is 3.93. The molecule has 1 aromatic heterocycles. The van der Waals surface area contributed by atoms with Gasteiger partial charge in [0.15, 0.2) is 0 Å². The molecule has 1 aromatic carbocycles. The lowest BCUT2D eigenvalue weighted by Crippen LogP contribution is -2.32. The minimum atomic E-state index is -0.514. The molecule has 0 aliphatic rings. The Bertz CT molecular complexity index is 694. The van der Waals surface area contributed by atoms with Crippen molar-refractivity contribution < 1.29 is 9.18 Å². The predicted molar refractivity (Wildman–Crippen MR) is 69.2 cm³/mol. The molecule has 19 heavy (non-hydrogen) atoms. The quantitative estimate of drug-likeness (QED) is 0.829. The van der Waals surface area contributed by atoms with Crippen LogP contribution in [0.2, 0.25) is 0 Å². The van der Waals surface area contributed by atoms with Crippen LogP contribution in [0.3, 0.4) is 0 Å². The van der Waals surface area contributed by atoms with Crippen LogP contribution in [0.5, 0.6) is 0 Å². The fourth-order valence-electron chi connectivity index (χ4n) is 1.64. The van der Waals surface area contributed by atoms with E-state index in [-0.39, 0.29) is 17.8 Å². The van der Waals surface area contributed by atoms with Crippen LogP contribution in [0.15, 0.2) is 42.0 Å². The van der Waals surface area contributed by atoms with E-state index in [9.17, 15) is 14.0 Å². The minimum absolute atomic E-state index is 0.152. The van der Waals surface area contributed by atoms with E-state index >= 15 is 0 Å². The lowest BCUT2D eigenvalue weighted by molar-refractivity contribution is -0.121. The average Bonchev–Trinajstić information content (AvgIpc) is 2.40. The van der Waals surface area contributed by atoms with Crippen LogP contribution in [0.4, 0.5) is 4.39 Å². The fourth-order valence-corrected chi connectivity index (χ4v) is 1.64. The second kappa shape index (κ2) is 5.43. The highest BCUT2D eigenvalue weighted by molar-refractivity contribution is 5.79. The molecule has 98 valence electrons. The summed E-state index contributed by atoms with van der Waals surface area (Å²) in [6, 6.07) is 3.77. The van der Waals surface area contributed by atoms with Crippen molar-refractivity contribution in [1.29, 1.82) is 0 Å². The molecule has 0 fully saturated rings. The Morgan fingerprint density at radius 3 is 3.05 bits per heavy atom. The van der Waals surface area contributed by atoms with E-state index < -0.39 is 11.4 Å². The van der Waals surface area contributed by atoms with Gasteiger partial charge in [-0.3, -0.25) is 14.2 Å². The monoisotopic (exact) mass is 261 g/mol. The summed E-state index contributed by atoms with van der Waals surface area (Å²) < 4.78 is 14.3. The number of nitrogens with one attached hydrogen (secondary N) is 1. The first-order chi connectivity index (χ1) is 9.11. The van der Waals surface area contributed by atoms with Crippen LogP contribution in [0, 0.1) is 5.82 Å². The number of halogens is 1. The number of carbonyl (C=O) groups excluding carboxylic acids is 1. The number of carbonyl (C=O) groups is 1. The third kappa shape index (κ3) is 2.85. The largest absolute Gasteiger partial charge is 0.351 e. The molecule has 0 saturated carbocycles. The van der Waals surface area contributed by atoms with E-state index in [1.165, 1.54) is 24.5 Å². The van der Waals surface area contributed by atoms with Gasteiger partial charge in [0.2, 0.25) is 5.91 Å². The van der Waals surface area contributed by atoms with Crippen LogP contribution in [-0.2, 0) is 11.3 Å². The van der Waals surface area contributed by atoms with Crippen molar-refractivity contribution in [2.45, 2.75) is 6.54 Å². The number of hydrogen-bond donors (Lipinski definition) is 1. The standard InChI is InChI=1S/C13H12FN3O2/c1-2-5-15-12(18)7-17-8-16-11-4-3-9(14)6-10(11)13(17)19/h2-4,6,8H,1,5,7H2,(H,15,18). The lowest BCUT2D eigenvalue weighted by atomic mass is 10.2. The number of nitrogens with zero attached hydrogens (tertiary/aromatic N) is 2. The highest BCUT2D eigenvalue weighted by Crippen LogP contribution is 2.08. The summed E-state index contributed by atoms with van der Waals surface area (Å²) >= 11 is 0. The Morgan fingerprint density at radius 1 is 1.53 bits per heavy atom. The molecule has 0 atom stereocenters. The van der Waals surface area contributed by atoms with Gasteiger partial charge < -0.3 is 5.32 Å². The maximum atomic E-state index is 13.1. The second-order valence-electron chi connectivity index (χ2n) is 3.93. The van der Waals surface area contributed by atoms with Gasteiger partial charge in [0, 0.05) is 6.54 Å². The zero-order valence-corrected chi connectivity index (χ0v) is 10.1. The first kappa shape index (κ1) is 12.9. The van der Waals surface area contributed by atoms with Crippen LogP contribution < -0.4 is 10.9 Å². The summed E-state index contributed by atoms with van der Waals surface area (Å²) in [6.07, 6.45) is 2.81. The zero-order valence-electron chi connectivity index (χ0n) is 10.1. The molecule has 2 aromatic rings. The number of amides is 1. The van der Waals surface area contributed by atoms with E-state index in [4.69, 9.17) is 0 Å². The summed E-state index contributed by atoms with van der Waals surface area (Å²) in [5, 5.41) is 2.70. The molecule has 2 rings (SSSR count). The van der Waals surface area contributed by atoms with Gasteiger partial charge in [0.1, 0.15) is 12.4 Å². The highest BCUT2D eigenvalue weighted by atomic mass is 19.1. The van der Waals surface area contributed by atoms with Crippen molar-refractivity contribution in [1.82, 2.24) is 14.9 Å². The molecule has 0 aliphatic heterocycles. The molecule has 0 saturated heterocycles. The third-order valence-corrected chi connectivity index (χ3v) is 2.54. The molecule has 1 amide bonds. The molecule has 1 heterocycles. The molecule has 5 nitrogen and oxygen atoms in total. The van der Waals surface area contributed by atoms with Crippen LogP contribution in [0.1, 0.15) is 0 Å². The first-order valence-corrected chi connectivity index (χ1v) is 5.64. The normalized spacial score (nSPS) is 10.4. The maximum Gasteiger partial charge on any atom is 0.261 e. The van der Waals surface area contributed by atoms with Gasteiger partial charge in [0.25, 0.3) is 5.56 Å². The third-order valence-electron chi connectivity index (χ3n) is 2.54. The summed E-state index contributed by atoms with van der Waals surface area (Å²) in [4.78, 5) is 27.6. The van der Waals surface area contributed by atoms with E-state index in [1.807, 2.05) is 0 Å². The van der Waals surface area contributed by atoms with E-state index in [0.29, 0.717) is 12.1 Å². The van der Waals surface area contributed by atoms with Crippen molar-refractivity contribution in [2.24, 2.45) is 0 Å². The Hall–Kier alpha value is -2.50. The van der Waals surface area contributed by atoms with Gasteiger partial charge in [-0.1, -0.05) is 6.08 Å². The van der Waals surface area contributed by atoms with Crippen molar-refractivity contribution in [3.63, 3.8) is 0 Å². The summed E-state index contributed by atoms with van der Waals surface area (Å²) in [7, 11) is 0. The molecule has 0 bridgehead atoms. The Kier molecular flexibility index (Phi) is 3.70. The number of hydrogen-bond acceptors (Lipinski definition) is 3. The van der Waals surface area contributed by atoms with Gasteiger partial charge in [-0.15, -0.1) is 6.58 Å². The lowest BCUT2D eigenvalue weighted by Gasteiger charge is -2.06. The first-order valence-electron chi connectivity index (χ1n) is 5.64. The Morgan fingerprint density at radius 2 is 2.32 bits per heavy atom. The Balaban J connectivity index is 2.34. The topological polar surface area (TPSA) is 64.0 Å². The van der Waals surface area contributed by atoms with Crippen LogP contribution >= 0.6 is 0 Å². The highest BCUT2D eigenvalue weighted by Gasteiger charge is 2.08. The SMILES string of the molecule is C=CCNC(=O)Cn1cnc2ccc(F)cc2c1=O. The van der Waals surface area contributed by atoms with Gasteiger partial charge in [-0.2, -0.15) is 0 Å². The molecular formula is C13H12FN3O2. The summed E-state index contributed by atoms with van der Waals surface area (Å²) in [5.74, 6) is -0.847. The fraction of sp³-hybridized carbons (Fsp3) is 0.154. The van der Waals surface area contributed by atoms with E-state index in [0.717, 1.165) is 10.6 Å². The molecule has 0 radical (unpaired) electrons. The minimum Gasteiger partial charge on any atom is -0.351 e. The number of benzene rings is 1. The molecular weight excluding hydrogens is 249 g/mol. The number of aromatic nitrogens is 2. The average molecular weight is 261 g/mol. The van der Waals surface area contributed by atoms with Crippen LogP contribution in [-0.4, -0.2) is 22.0 Å². The van der Waals surface area contributed by atoms with E-state index in [1.54, 1.807) is 0 Å². The van der Waals surface area contributed by atoms with Gasteiger partial charge >= 0.3 is 0 Å². The van der Waals surface area contributed by atoms with Crippen molar-refractivity contribution >= 4 is 16.8 Å². The van der Waals surface area contributed by atoms with Crippen molar-refractivity contribution in [2.75, 3.05) is 6.54 Å².